The van der Waals surface area contributed by atoms with Crippen LogP contribution in [0.4, 0.5) is 9.18 Å². The van der Waals surface area contributed by atoms with Gasteiger partial charge < -0.3 is 14.8 Å². The summed E-state index contributed by atoms with van der Waals surface area (Å²) in [6, 6.07) is -0.173. The fourth-order valence-electron chi connectivity index (χ4n) is 2.52. The molecule has 1 saturated heterocycles. The second-order valence-corrected chi connectivity index (χ2v) is 6.79. The Morgan fingerprint density at radius 1 is 1.64 bits per heavy atom. The fraction of sp³-hybridized carbons (Fsp3) is 0.588. The third-order valence-corrected chi connectivity index (χ3v) is 3.51. The fourth-order valence-corrected chi connectivity index (χ4v) is 2.52. The molecular weight excluding hydrogens is 285 g/mol. The molecule has 3 unspecified atom stereocenters. The van der Waals surface area contributed by atoms with Gasteiger partial charge in [0.2, 0.25) is 0 Å². The number of amides is 1. The van der Waals surface area contributed by atoms with Gasteiger partial charge in [-0.15, -0.1) is 0 Å². The van der Waals surface area contributed by atoms with Crippen molar-refractivity contribution in [3.63, 3.8) is 0 Å². The van der Waals surface area contributed by atoms with E-state index in [4.69, 9.17) is 9.47 Å². The van der Waals surface area contributed by atoms with Gasteiger partial charge in [-0.3, -0.25) is 0 Å². The van der Waals surface area contributed by atoms with Crippen LogP contribution >= 0.6 is 0 Å². The first-order valence-electron chi connectivity index (χ1n) is 7.58. The smallest absolute Gasteiger partial charge is 0.407 e. The third kappa shape index (κ3) is 5.30. The standard InChI is InChI=1S/C17H24FNO3/c1-5-11-6-12(8-13(18)7-11)9-14(15-10-21-15)19-16(20)22-17(2,3)4/h5-7,12,14-15H,1,8-10H2,2-4H3,(H,19,20). The van der Waals surface area contributed by atoms with Crippen molar-refractivity contribution in [1.82, 2.24) is 5.32 Å². The predicted octanol–water partition coefficient (Wildman–Crippen LogP) is 3.65. The molecule has 1 N–H and O–H groups in total. The van der Waals surface area contributed by atoms with Gasteiger partial charge in [-0.1, -0.05) is 18.7 Å². The Hall–Kier alpha value is -1.62. The molecular formula is C17H24FNO3. The summed E-state index contributed by atoms with van der Waals surface area (Å²) in [6.45, 7) is 9.73. The van der Waals surface area contributed by atoms with Crippen molar-refractivity contribution in [3.8, 4) is 0 Å². The number of hydrogen-bond donors (Lipinski definition) is 1. The van der Waals surface area contributed by atoms with Gasteiger partial charge in [-0.05, 0) is 44.8 Å². The van der Waals surface area contributed by atoms with Crippen LogP contribution < -0.4 is 5.32 Å². The Balaban J connectivity index is 1.95. The van der Waals surface area contributed by atoms with Crippen molar-refractivity contribution < 1.29 is 18.7 Å². The lowest BCUT2D eigenvalue weighted by Gasteiger charge is -2.25. The highest BCUT2D eigenvalue weighted by Crippen LogP contribution is 2.30. The third-order valence-electron chi connectivity index (χ3n) is 3.51. The summed E-state index contributed by atoms with van der Waals surface area (Å²) >= 11 is 0. The molecule has 22 heavy (non-hydrogen) atoms. The van der Waals surface area contributed by atoms with Crippen LogP contribution in [0.5, 0.6) is 0 Å². The molecule has 1 fully saturated rings. The summed E-state index contributed by atoms with van der Waals surface area (Å²) in [5, 5.41) is 2.85. The van der Waals surface area contributed by atoms with Crippen molar-refractivity contribution in [2.24, 2.45) is 5.92 Å². The molecule has 0 radical (unpaired) electrons. The summed E-state index contributed by atoms with van der Waals surface area (Å²) in [7, 11) is 0. The zero-order chi connectivity index (χ0) is 16.3. The Morgan fingerprint density at radius 3 is 2.86 bits per heavy atom. The van der Waals surface area contributed by atoms with E-state index in [-0.39, 0.29) is 23.9 Å². The zero-order valence-electron chi connectivity index (χ0n) is 13.4. The molecule has 4 nitrogen and oxygen atoms in total. The Labute approximate surface area is 131 Å². The SMILES string of the molecule is C=CC1=CC(CC(NC(=O)OC(C)(C)C)C2CO2)CC(F)=C1. The predicted molar refractivity (Wildman–Crippen MR) is 83.1 cm³/mol. The van der Waals surface area contributed by atoms with Gasteiger partial charge in [0.1, 0.15) is 17.5 Å². The summed E-state index contributed by atoms with van der Waals surface area (Å²) in [5.41, 5.74) is 0.232. The van der Waals surface area contributed by atoms with Gasteiger partial charge in [-0.2, -0.15) is 0 Å². The summed E-state index contributed by atoms with van der Waals surface area (Å²) in [5.74, 6) is -0.141. The van der Waals surface area contributed by atoms with E-state index in [1.165, 1.54) is 6.08 Å². The minimum atomic E-state index is -0.547. The first kappa shape index (κ1) is 16.7. The van der Waals surface area contributed by atoms with E-state index in [9.17, 15) is 9.18 Å². The first-order valence-corrected chi connectivity index (χ1v) is 7.58. The summed E-state index contributed by atoms with van der Waals surface area (Å²) in [6.07, 6.45) is 5.60. The van der Waals surface area contributed by atoms with Crippen molar-refractivity contribution in [2.45, 2.75) is 51.4 Å². The minimum Gasteiger partial charge on any atom is -0.444 e. The van der Waals surface area contributed by atoms with Gasteiger partial charge in [-0.25, -0.2) is 9.18 Å². The highest BCUT2D eigenvalue weighted by Gasteiger charge is 2.36. The van der Waals surface area contributed by atoms with E-state index >= 15 is 0 Å². The van der Waals surface area contributed by atoms with E-state index < -0.39 is 11.7 Å². The molecule has 122 valence electrons. The van der Waals surface area contributed by atoms with Crippen molar-refractivity contribution in [2.75, 3.05) is 6.61 Å². The lowest BCUT2D eigenvalue weighted by molar-refractivity contribution is 0.0488. The van der Waals surface area contributed by atoms with Crippen LogP contribution in [0.25, 0.3) is 0 Å². The van der Waals surface area contributed by atoms with E-state index in [0.717, 1.165) is 5.57 Å². The quantitative estimate of drug-likeness (QED) is 0.789. The first-order chi connectivity index (χ1) is 10.3. The van der Waals surface area contributed by atoms with E-state index in [1.54, 1.807) is 6.08 Å². The normalized spacial score (nSPS) is 25.6. The maximum atomic E-state index is 13.7. The Kier molecular flexibility index (Phi) is 5.06. The molecule has 2 rings (SSSR count). The number of carbonyl (C=O) groups is 1. The Morgan fingerprint density at radius 2 is 2.32 bits per heavy atom. The van der Waals surface area contributed by atoms with Gasteiger partial charge >= 0.3 is 6.09 Å². The molecule has 1 heterocycles. The van der Waals surface area contributed by atoms with Crippen molar-refractivity contribution in [3.05, 3.63) is 36.2 Å². The number of allylic oxidation sites excluding steroid dienone is 5. The highest BCUT2D eigenvalue weighted by molar-refractivity contribution is 5.68. The van der Waals surface area contributed by atoms with Crippen LogP contribution in [0.2, 0.25) is 0 Å². The van der Waals surface area contributed by atoms with Crippen LogP contribution in [-0.2, 0) is 9.47 Å². The largest absolute Gasteiger partial charge is 0.444 e. The molecule has 0 aromatic carbocycles. The molecule has 1 amide bonds. The molecule has 5 heteroatoms. The lowest BCUT2D eigenvalue weighted by atomic mass is 9.89. The maximum absolute atomic E-state index is 13.7. The molecule has 0 aromatic heterocycles. The van der Waals surface area contributed by atoms with E-state index in [1.807, 2.05) is 26.8 Å². The van der Waals surface area contributed by atoms with E-state index in [0.29, 0.717) is 19.4 Å². The molecule has 0 spiro atoms. The number of epoxide rings is 1. The van der Waals surface area contributed by atoms with Crippen molar-refractivity contribution >= 4 is 6.09 Å². The average molecular weight is 309 g/mol. The second-order valence-electron chi connectivity index (χ2n) is 6.79. The number of alkyl carbamates (subject to hydrolysis) is 1. The minimum absolute atomic E-state index is 0.0120. The summed E-state index contributed by atoms with van der Waals surface area (Å²) in [4.78, 5) is 11.9. The van der Waals surface area contributed by atoms with Crippen LogP contribution in [-0.4, -0.2) is 30.4 Å². The number of hydrogen-bond acceptors (Lipinski definition) is 3. The molecule has 0 aromatic rings. The second kappa shape index (κ2) is 6.65. The monoisotopic (exact) mass is 309 g/mol. The molecule has 0 bridgehead atoms. The molecule has 0 saturated carbocycles. The molecule has 3 atom stereocenters. The number of carbonyl (C=O) groups excluding carboxylic acids is 1. The number of halogens is 1. The Bertz CT molecular complexity index is 501. The average Bonchev–Trinajstić information content (AvgIpc) is 3.19. The number of rotatable bonds is 5. The molecule has 2 aliphatic rings. The van der Waals surface area contributed by atoms with Gasteiger partial charge in [0.25, 0.3) is 0 Å². The van der Waals surface area contributed by atoms with Gasteiger partial charge in [0.15, 0.2) is 0 Å². The van der Waals surface area contributed by atoms with Crippen LogP contribution in [0.3, 0.4) is 0 Å². The van der Waals surface area contributed by atoms with Crippen molar-refractivity contribution in [1.29, 1.82) is 0 Å². The summed E-state index contributed by atoms with van der Waals surface area (Å²) < 4.78 is 24.2. The molecule has 1 aliphatic carbocycles. The van der Waals surface area contributed by atoms with Crippen LogP contribution in [0, 0.1) is 5.92 Å². The maximum Gasteiger partial charge on any atom is 0.407 e. The topological polar surface area (TPSA) is 50.9 Å². The lowest BCUT2D eigenvalue weighted by Crippen LogP contribution is -2.43. The van der Waals surface area contributed by atoms with Gasteiger partial charge in [0, 0.05) is 6.42 Å². The van der Waals surface area contributed by atoms with Crippen LogP contribution in [0.1, 0.15) is 33.6 Å². The zero-order valence-corrected chi connectivity index (χ0v) is 13.4. The molecule has 1 aliphatic heterocycles. The van der Waals surface area contributed by atoms with Crippen LogP contribution in [0.15, 0.2) is 36.2 Å². The highest BCUT2D eigenvalue weighted by atomic mass is 19.1. The van der Waals surface area contributed by atoms with Gasteiger partial charge in [0.05, 0.1) is 12.6 Å². The van der Waals surface area contributed by atoms with E-state index in [2.05, 4.69) is 11.9 Å². The number of nitrogens with one attached hydrogen (secondary N) is 1. The number of ether oxygens (including phenoxy) is 2.